The van der Waals surface area contributed by atoms with Crippen LogP contribution in [0.4, 0.5) is 5.69 Å². The number of hydrogen-bond donors (Lipinski definition) is 2. The van der Waals surface area contributed by atoms with Gasteiger partial charge in [-0.1, -0.05) is 0 Å². The summed E-state index contributed by atoms with van der Waals surface area (Å²) in [7, 11) is 3.51. The van der Waals surface area contributed by atoms with Gasteiger partial charge in [-0.3, -0.25) is 0 Å². The monoisotopic (exact) mass is 332 g/mol. The van der Waals surface area contributed by atoms with Gasteiger partial charge in [0.25, 0.3) is 0 Å². The van der Waals surface area contributed by atoms with E-state index in [0.717, 1.165) is 18.1 Å². The molecule has 0 atom stereocenters. The summed E-state index contributed by atoms with van der Waals surface area (Å²) in [6.45, 7) is 5.72. The van der Waals surface area contributed by atoms with Crippen molar-refractivity contribution < 1.29 is 9.47 Å². The molecule has 0 unspecified atom stereocenters. The molecule has 0 saturated carbocycles. The molecular formula is C16H24N6O2. The van der Waals surface area contributed by atoms with E-state index in [2.05, 4.69) is 25.8 Å². The second-order valence-electron chi connectivity index (χ2n) is 4.98. The summed E-state index contributed by atoms with van der Waals surface area (Å²) in [5, 5.41) is 14.3. The molecule has 0 bridgehead atoms. The molecule has 0 amide bonds. The maximum Gasteiger partial charge on any atom is 0.196 e. The van der Waals surface area contributed by atoms with E-state index in [4.69, 9.17) is 9.47 Å². The van der Waals surface area contributed by atoms with Crippen molar-refractivity contribution in [1.29, 1.82) is 0 Å². The largest absolute Gasteiger partial charge is 0.493 e. The van der Waals surface area contributed by atoms with Gasteiger partial charge >= 0.3 is 0 Å². The standard InChI is InChI=1S/C16H24N6O2/c1-5-17-16(18-10-15-21-19-11-22(15)3)20-12-7-8-13(24-6-2)14(9-12)23-4/h7-9,11H,5-6,10H2,1-4H3,(H2,17,18,20). The first kappa shape index (κ1) is 17.6. The molecule has 1 aromatic heterocycles. The van der Waals surface area contributed by atoms with Crippen molar-refractivity contribution in [3.8, 4) is 11.5 Å². The number of hydrogen-bond acceptors (Lipinski definition) is 5. The zero-order valence-electron chi connectivity index (χ0n) is 14.5. The number of aromatic nitrogens is 3. The van der Waals surface area contributed by atoms with Gasteiger partial charge in [0.15, 0.2) is 23.3 Å². The molecule has 24 heavy (non-hydrogen) atoms. The SMILES string of the molecule is CCNC(=NCc1nncn1C)Nc1ccc(OCC)c(OC)c1. The number of aliphatic imine (C=N–C) groups is 1. The van der Waals surface area contributed by atoms with E-state index in [-0.39, 0.29) is 0 Å². The summed E-state index contributed by atoms with van der Waals surface area (Å²) >= 11 is 0. The van der Waals surface area contributed by atoms with Gasteiger partial charge in [0.2, 0.25) is 0 Å². The molecule has 8 heteroatoms. The third kappa shape index (κ3) is 4.61. The Kier molecular flexibility index (Phi) is 6.41. The first-order valence-electron chi connectivity index (χ1n) is 7.87. The Morgan fingerprint density at radius 2 is 2.12 bits per heavy atom. The highest BCUT2D eigenvalue weighted by Crippen LogP contribution is 2.30. The van der Waals surface area contributed by atoms with Crippen LogP contribution in [0.25, 0.3) is 0 Å². The second kappa shape index (κ2) is 8.76. The van der Waals surface area contributed by atoms with Crippen LogP contribution in [0, 0.1) is 0 Å². The Hall–Kier alpha value is -2.77. The Balaban J connectivity index is 2.13. The van der Waals surface area contributed by atoms with Gasteiger partial charge in [-0.25, -0.2) is 4.99 Å². The molecule has 0 aliphatic heterocycles. The minimum absolute atomic E-state index is 0.431. The van der Waals surface area contributed by atoms with Crippen molar-refractivity contribution in [3.05, 3.63) is 30.4 Å². The molecule has 2 aromatic rings. The van der Waals surface area contributed by atoms with Crippen molar-refractivity contribution in [1.82, 2.24) is 20.1 Å². The van der Waals surface area contributed by atoms with Crippen molar-refractivity contribution in [2.75, 3.05) is 25.6 Å². The van der Waals surface area contributed by atoms with Crippen LogP contribution < -0.4 is 20.1 Å². The van der Waals surface area contributed by atoms with Crippen molar-refractivity contribution in [3.63, 3.8) is 0 Å². The fourth-order valence-electron chi connectivity index (χ4n) is 2.06. The van der Waals surface area contributed by atoms with Gasteiger partial charge in [0, 0.05) is 25.3 Å². The smallest absolute Gasteiger partial charge is 0.196 e. The summed E-state index contributed by atoms with van der Waals surface area (Å²) in [6, 6.07) is 5.67. The van der Waals surface area contributed by atoms with E-state index < -0.39 is 0 Å². The molecule has 2 N–H and O–H groups in total. The topological polar surface area (TPSA) is 85.6 Å². The first-order chi connectivity index (χ1) is 11.7. The van der Waals surface area contributed by atoms with Crippen LogP contribution >= 0.6 is 0 Å². The summed E-state index contributed by atoms with van der Waals surface area (Å²) in [5.41, 5.74) is 0.855. The van der Waals surface area contributed by atoms with E-state index in [1.165, 1.54) is 0 Å². The minimum Gasteiger partial charge on any atom is -0.493 e. The lowest BCUT2D eigenvalue weighted by molar-refractivity contribution is 0.311. The van der Waals surface area contributed by atoms with Crippen LogP contribution in [-0.4, -0.2) is 41.0 Å². The first-order valence-corrected chi connectivity index (χ1v) is 7.87. The van der Waals surface area contributed by atoms with Crippen molar-refractivity contribution in [2.45, 2.75) is 20.4 Å². The second-order valence-corrected chi connectivity index (χ2v) is 4.98. The van der Waals surface area contributed by atoms with E-state index in [0.29, 0.717) is 30.6 Å². The van der Waals surface area contributed by atoms with Gasteiger partial charge in [0.1, 0.15) is 12.9 Å². The maximum absolute atomic E-state index is 5.53. The number of anilines is 1. The van der Waals surface area contributed by atoms with E-state index in [1.54, 1.807) is 13.4 Å². The van der Waals surface area contributed by atoms with Crippen LogP contribution in [0.5, 0.6) is 11.5 Å². The zero-order valence-corrected chi connectivity index (χ0v) is 14.5. The minimum atomic E-state index is 0.431. The number of ether oxygens (including phenoxy) is 2. The molecule has 0 aliphatic rings. The molecule has 8 nitrogen and oxygen atoms in total. The van der Waals surface area contributed by atoms with Crippen molar-refractivity contribution in [2.24, 2.45) is 12.0 Å². The molecule has 0 saturated heterocycles. The maximum atomic E-state index is 5.53. The Morgan fingerprint density at radius 1 is 1.29 bits per heavy atom. The fraction of sp³-hybridized carbons (Fsp3) is 0.438. The molecule has 1 aromatic carbocycles. The number of aryl methyl sites for hydroxylation is 1. The third-order valence-corrected chi connectivity index (χ3v) is 3.25. The van der Waals surface area contributed by atoms with Gasteiger partial charge in [0.05, 0.1) is 13.7 Å². The highest BCUT2D eigenvalue weighted by atomic mass is 16.5. The van der Waals surface area contributed by atoms with Crippen LogP contribution in [-0.2, 0) is 13.6 Å². The molecule has 0 spiro atoms. The third-order valence-electron chi connectivity index (χ3n) is 3.25. The van der Waals surface area contributed by atoms with Gasteiger partial charge in [-0.2, -0.15) is 0 Å². The van der Waals surface area contributed by atoms with E-state index in [9.17, 15) is 0 Å². The summed E-state index contributed by atoms with van der Waals surface area (Å²) < 4.78 is 12.7. The highest BCUT2D eigenvalue weighted by molar-refractivity contribution is 5.93. The fourth-order valence-corrected chi connectivity index (χ4v) is 2.06. The van der Waals surface area contributed by atoms with Crippen LogP contribution in [0.2, 0.25) is 0 Å². The van der Waals surface area contributed by atoms with Gasteiger partial charge in [-0.05, 0) is 26.0 Å². The molecule has 2 rings (SSSR count). The van der Waals surface area contributed by atoms with E-state index in [1.807, 2.05) is 43.7 Å². The number of benzene rings is 1. The summed E-state index contributed by atoms with van der Waals surface area (Å²) in [5.74, 6) is 2.83. The lowest BCUT2D eigenvalue weighted by Crippen LogP contribution is -2.30. The van der Waals surface area contributed by atoms with Crippen LogP contribution in [0.15, 0.2) is 29.5 Å². The molecule has 0 aliphatic carbocycles. The quantitative estimate of drug-likeness (QED) is 0.594. The summed E-state index contributed by atoms with van der Waals surface area (Å²) in [4.78, 5) is 4.53. The molecule has 0 radical (unpaired) electrons. The average Bonchev–Trinajstić information content (AvgIpc) is 2.99. The van der Waals surface area contributed by atoms with Crippen LogP contribution in [0.3, 0.4) is 0 Å². The van der Waals surface area contributed by atoms with E-state index >= 15 is 0 Å². The Morgan fingerprint density at radius 3 is 2.75 bits per heavy atom. The molecular weight excluding hydrogens is 308 g/mol. The number of nitrogens with zero attached hydrogens (tertiary/aromatic N) is 4. The predicted octanol–water partition coefficient (Wildman–Crippen LogP) is 1.80. The summed E-state index contributed by atoms with van der Waals surface area (Å²) in [6.07, 6.45) is 1.66. The van der Waals surface area contributed by atoms with Gasteiger partial charge < -0.3 is 24.7 Å². The number of nitrogens with one attached hydrogen (secondary N) is 2. The lowest BCUT2D eigenvalue weighted by atomic mass is 10.2. The predicted molar refractivity (Wildman–Crippen MR) is 93.6 cm³/mol. The zero-order chi connectivity index (χ0) is 17.4. The average molecular weight is 332 g/mol. The Labute approximate surface area is 141 Å². The molecule has 0 fully saturated rings. The highest BCUT2D eigenvalue weighted by Gasteiger charge is 2.07. The number of methoxy groups -OCH3 is 1. The lowest BCUT2D eigenvalue weighted by Gasteiger charge is -2.14. The number of guanidine groups is 1. The number of rotatable bonds is 7. The normalized spacial score (nSPS) is 11.2. The Bertz CT molecular complexity index is 683. The van der Waals surface area contributed by atoms with Crippen molar-refractivity contribution >= 4 is 11.6 Å². The van der Waals surface area contributed by atoms with Crippen LogP contribution in [0.1, 0.15) is 19.7 Å². The molecule has 1 heterocycles. The van der Waals surface area contributed by atoms with Gasteiger partial charge in [-0.15, -0.1) is 10.2 Å². The molecule has 130 valence electrons.